The molecule has 1 saturated carbocycles. The predicted octanol–water partition coefficient (Wildman–Crippen LogP) is 2.29. The zero-order valence-corrected chi connectivity index (χ0v) is 5.85. The van der Waals surface area contributed by atoms with Gasteiger partial charge in [-0.1, -0.05) is 19.8 Å². The van der Waals surface area contributed by atoms with Crippen LogP contribution >= 0.6 is 0 Å². The zero-order valence-electron chi connectivity index (χ0n) is 5.85. The van der Waals surface area contributed by atoms with E-state index in [-0.39, 0.29) is 5.41 Å². The second kappa shape index (κ2) is 2.39. The molecule has 1 aliphatic rings. The maximum Gasteiger partial charge on any atom is 0.0692 e. The lowest BCUT2D eigenvalue weighted by Crippen LogP contribution is -2.11. The van der Waals surface area contributed by atoms with Gasteiger partial charge in [0.2, 0.25) is 0 Å². The second-order valence-corrected chi connectivity index (χ2v) is 2.76. The maximum atomic E-state index is 8.74. The van der Waals surface area contributed by atoms with Crippen LogP contribution in [0, 0.1) is 23.2 Å². The Kier molecular flexibility index (Phi) is 1.75. The Hall–Kier alpha value is -0.510. The van der Waals surface area contributed by atoms with E-state index in [2.05, 4.69) is 12.5 Å². The normalized spacial score (nSPS) is 23.6. The van der Waals surface area contributed by atoms with Gasteiger partial charge >= 0.3 is 0 Å². The van der Waals surface area contributed by atoms with E-state index < -0.39 is 0 Å². The van der Waals surface area contributed by atoms with Crippen molar-refractivity contribution in [2.24, 2.45) is 5.41 Å². The molecule has 1 heteroatoms. The van der Waals surface area contributed by atoms with E-state index in [9.17, 15) is 0 Å². The molecular weight excluding hydrogens is 110 g/mol. The fourth-order valence-electron chi connectivity index (χ4n) is 1.47. The second-order valence-electron chi connectivity index (χ2n) is 2.76. The molecule has 0 saturated heterocycles. The molecule has 1 rings (SSSR count). The predicted molar refractivity (Wildman–Crippen MR) is 36.5 cm³/mol. The average Bonchev–Trinajstić information content (AvgIpc) is 2.36. The quantitative estimate of drug-likeness (QED) is 0.523. The van der Waals surface area contributed by atoms with Gasteiger partial charge in [-0.3, -0.25) is 0 Å². The third kappa shape index (κ3) is 1.08. The topological polar surface area (TPSA) is 23.8 Å². The molecule has 0 atom stereocenters. The molecule has 0 heterocycles. The lowest BCUT2D eigenvalue weighted by Gasteiger charge is -2.15. The van der Waals surface area contributed by atoms with Crippen molar-refractivity contribution < 1.29 is 0 Å². The van der Waals surface area contributed by atoms with Crippen molar-refractivity contribution in [2.45, 2.75) is 32.6 Å². The van der Waals surface area contributed by atoms with Crippen LogP contribution in [0.5, 0.6) is 0 Å². The molecule has 0 unspecified atom stereocenters. The molecule has 0 aromatic heterocycles. The van der Waals surface area contributed by atoms with Crippen LogP contribution in [0.15, 0.2) is 0 Å². The molecule has 0 amide bonds. The molecule has 1 aliphatic carbocycles. The summed E-state index contributed by atoms with van der Waals surface area (Å²) in [5, 5.41) is 8.74. The summed E-state index contributed by atoms with van der Waals surface area (Å²) in [7, 11) is 0. The van der Waals surface area contributed by atoms with E-state index in [0.717, 1.165) is 12.8 Å². The lowest BCUT2D eigenvalue weighted by atomic mass is 9.85. The summed E-state index contributed by atoms with van der Waals surface area (Å²) < 4.78 is 0. The Morgan fingerprint density at radius 3 is 2.22 bits per heavy atom. The first-order valence-corrected chi connectivity index (χ1v) is 3.55. The van der Waals surface area contributed by atoms with Crippen LogP contribution in [0.4, 0.5) is 0 Å². The molecule has 0 aliphatic heterocycles. The molecule has 1 fully saturated rings. The van der Waals surface area contributed by atoms with Crippen molar-refractivity contribution in [1.29, 1.82) is 5.26 Å². The summed E-state index contributed by atoms with van der Waals surface area (Å²) in [4.78, 5) is 0. The van der Waals surface area contributed by atoms with Gasteiger partial charge < -0.3 is 0 Å². The zero-order chi connectivity index (χ0) is 6.74. The van der Waals surface area contributed by atoms with Crippen LogP contribution in [-0.4, -0.2) is 0 Å². The molecule has 0 spiro atoms. The molecule has 49 valence electrons. The first-order valence-electron chi connectivity index (χ1n) is 3.55. The summed E-state index contributed by atoms with van der Waals surface area (Å²) in [6, 6.07) is 2.37. The van der Waals surface area contributed by atoms with Crippen LogP contribution in [-0.2, 0) is 0 Å². The molecule has 1 nitrogen and oxygen atoms in total. The minimum atomic E-state index is -0.0417. The number of nitriles is 1. The highest BCUT2D eigenvalue weighted by Gasteiger charge is 2.31. The van der Waals surface area contributed by atoms with E-state index >= 15 is 0 Å². The summed E-state index contributed by atoms with van der Waals surface area (Å²) in [6.45, 7) is 1.99. The number of nitrogens with zero attached hydrogens (tertiary/aromatic N) is 1. The molecule has 0 aromatic rings. The Bertz CT molecular complexity index is 126. The molecular formula is C8H12N. The van der Waals surface area contributed by atoms with E-state index in [4.69, 9.17) is 5.26 Å². The highest BCUT2D eigenvalue weighted by atomic mass is 14.4. The van der Waals surface area contributed by atoms with Gasteiger partial charge in [-0.25, -0.2) is 0 Å². The molecule has 0 N–H and O–H groups in total. The van der Waals surface area contributed by atoms with Crippen LogP contribution in [0.2, 0.25) is 0 Å². The van der Waals surface area contributed by atoms with E-state index in [1.165, 1.54) is 12.8 Å². The first kappa shape index (κ1) is 6.61. The van der Waals surface area contributed by atoms with Crippen molar-refractivity contribution in [3.8, 4) is 6.07 Å². The van der Waals surface area contributed by atoms with Crippen molar-refractivity contribution in [2.75, 3.05) is 0 Å². The average molecular weight is 122 g/mol. The van der Waals surface area contributed by atoms with Gasteiger partial charge in [0.15, 0.2) is 0 Å². The fourth-order valence-corrected chi connectivity index (χ4v) is 1.47. The van der Waals surface area contributed by atoms with Gasteiger partial charge in [-0.15, -0.1) is 0 Å². The Morgan fingerprint density at radius 1 is 1.44 bits per heavy atom. The smallest absolute Gasteiger partial charge is 0.0692 e. The monoisotopic (exact) mass is 122 g/mol. The third-order valence-electron chi connectivity index (χ3n) is 2.27. The van der Waals surface area contributed by atoms with Crippen LogP contribution in [0.25, 0.3) is 0 Å². The van der Waals surface area contributed by atoms with Crippen LogP contribution in [0.3, 0.4) is 0 Å². The lowest BCUT2D eigenvalue weighted by molar-refractivity contribution is 0.487. The molecule has 1 radical (unpaired) electrons. The highest BCUT2D eigenvalue weighted by molar-refractivity contribution is 5.08. The molecule has 9 heavy (non-hydrogen) atoms. The summed E-state index contributed by atoms with van der Waals surface area (Å²) in [6.07, 6.45) is 6.69. The van der Waals surface area contributed by atoms with E-state index in [1.807, 2.05) is 6.92 Å². The van der Waals surface area contributed by atoms with Crippen molar-refractivity contribution in [1.82, 2.24) is 0 Å². The van der Waals surface area contributed by atoms with Gasteiger partial charge in [-0.05, 0) is 19.3 Å². The van der Waals surface area contributed by atoms with Crippen LogP contribution < -0.4 is 0 Å². The van der Waals surface area contributed by atoms with E-state index in [0.29, 0.717) is 0 Å². The molecule has 0 aromatic carbocycles. The Labute approximate surface area is 56.7 Å². The number of rotatable bonds is 1. The van der Waals surface area contributed by atoms with Crippen molar-refractivity contribution in [3.05, 3.63) is 6.42 Å². The summed E-state index contributed by atoms with van der Waals surface area (Å²) >= 11 is 0. The van der Waals surface area contributed by atoms with E-state index in [1.54, 1.807) is 0 Å². The minimum Gasteiger partial charge on any atom is -0.198 e. The fraction of sp³-hybridized carbons (Fsp3) is 0.750. The summed E-state index contributed by atoms with van der Waals surface area (Å²) in [5.41, 5.74) is -0.0417. The third-order valence-corrected chi connectivity index (χ3v) is 2.27. The minimum absolute atomic E-state index is 0.0417. The van der Waals surface area contributed by atoms with Crippen molar-refractivity contribution >= 4 is 0 Å². The first-order chi connectivity index (χ1) is 4.33. The van der Waals surface area contributed by atoms with Gasteiger partial charge in [0.1, 0.15) is 0 Å². The largest absolute Gasteiger partial charge is 0.198 e. The number of hydrogen-bond donors (Lipinski definition) is 0. The summed E-state index contributed by atoms with van der Waals surface area (Å²) in [5.74, 6) is 0. The molecule has 0 bridgehead atoms. The number of hydrogen-bond acceptors (Lipinski definition) is 1. The van der Waals surface area contributed by atoms with Gasteiger partial charge in [0, 0.05) is 0 Å². The van der Waals surface area contributed by atoms with Gasteiger partial charge in [0.25, 0.3) is 0 Å². The SMILES string of the molecule is C[CH]C1(C#N)CCCC1. The van der Waals surface area contributed by atoms with Gasteiger partial charge in [-0.2, -0.15) is 5.26 Å². The highest BCUT2D eigenvalue weighted by Crippen LogP contribution is 2.39. The standard InChI is InChI=1S/C8H12N/c1-2-8(7-9)5-3-4-6-8/h2H,3-6H2,1H3. The maximum absolute atomic E-state index is 8.74. The Balaban J connectivity index is 2.59. The van der Waals surface area contributed by atoms with Crippen molar-refractivity contribution in [3.63, 3.8) is 0 Å². The van der Waals surface area contributed by atoms with Gasteiger partial charge in [0.05, 0.1) is 11.5 Å². The van der Waals surface area contributed by atoms with Crippen LogP contribution in [0.1, 0.15) is 32.6 Å². The Morgan fingerprint density at radius 2 is 2.00 bits per heavy atom.